The first-order valence-electron chi connectivity index (χ1n) is 6.10. The first kappa shape index (κ1) is 11.7. The fourth-order valence-electron chi connectivity index (χ4n) is 2.01. The Morgan fingerprint density at radius 1 is 1.29 bits per heavy atom. The van der Waals surface area contributed by atoms with Gasteiger partial charge in [0, 0.05) is 25.5 Å². The molecule has 0 aliphatic heterocycles. The molecule has 17 heavy (non-hydrogen) atoms. The van der Waals surface area contributed by atoms with Gasteiger partial charge in [0.15, 0.2) is 11.5 Å². The Hall–Kier alpha value is -1.78. The highest BCUT2D eigenvalue weighted by molar-refractivity contribution is 5.66. The highest BCUT2D eigenvalue weighted by Gasteiger charge is 2.12. The third kappa shape index (κ3) is 2.33. The molecule has 2 rings (SSSR count). The number of hydrogen-bond donors (Lipinski definition) is 1. The molecular formula is C12H19N5. The maximum Gasteiger partial charge on any atom is 0.180 e. The van der Waals surface area contributed by atoms with E-state index in [1.165, 1.54) is 0 Å². The molecule has 0 atom stereocenters. The van der Waals surface area contributed by atoms with Crippen molar-refractivity contribution in [2.75, 3.05) is 23.7 Å². The lowest BCUT2D eigenvalue weighted by atomic mass is 10.3. The molecule has 0 saturated heterocycles. The molecule has 0 aliphatic rings. The van der Waals surface area contributed by atoms with E-state index in [2.05, 4.69) is 28.7 Å². The van der Waals surface area contributed by atoms with Crippen molar-refractivity contribution < 1.29 is 0 Å². The molecule has 5 heteroatoms. The number of nitrogen functional groups attached to an aromatic ring is 1. The molecule has 0 unspecified atom stereocenters. The lowest BCUT2D eigenvalue weighted by Crippen LogP contribution is -2.26. The molecule has 2 aromatic heterocycles. The molecule has 0 fully saturated rings. The monoisotopic (exact) mass is 233 g/mol. The van der Waals surface area contributed by atoms with E-state index in [0.29, 0.717) is 5.82 Å². The minimum absolute atomic E-state index is 0.530. The number of fused-ring (bicyclic) bond motifs is 1. The van der Waals surface area contributed by atoms with Crippen LogP contribution in [0.2, 0.25) is 0 Å². The summed E-state index contributed by atoms with van der Waals surface area (Å²) in [5.41, 5.74) is 6.70. The van der Waals surface area contributed by atoms with Crippen molar-refractivity contribution in [2.45, 2.75) is 26.7 Å². The molecule has 2 N–H and O–H groups in total. The third-order valence-corrected chi connectivity index (χ3v) is 2.66. The van der Waals surface area contributed by atoms with E-state index < -0.39 is 0 Å². The second-order valence-corrected chi connectivity index (χ2v) is 4.13. The third-order valence-electron chi connectivity index (χ3n) is 2.66. The van der Waals surface area contributed by atoms with E-state index in [9.17, 15) is 0 Å². The average molecular weight is 233 g/mol. The summed E-state index contributed by atoms with van der Waals surface area (Å²) in [7, 11) is 0. The first-order chi connectivity index (χ1) is 8.26. The van der Waals surface area contributed by atoms with Crippen LogP contribution in [0.25, 0.3) is 5.65 Å². The van der Waals surface area contributed by atoms with Gasteiger partial charge in [0.2, 0.25) is 0 Å². The fraction of sp³-hybridized carbons (Fsp3) is 0.500. The Kier molecular flexibility index (Phi) is 3.46. The predicted molar refractivity (Wildman–Crippen MR) is 70.2 cm³/mol. The van der Waals surface area contributed by atoms with Gasteiger partial charge in [-0.1, -0.05) is 13.8 Å². The zero-order chi connectivity index (χ0) is 12.3. The number of nitrogens with zero attached hydrogens (tertiary/aromatic N) is 4. The van der Waals surface area contributed by atoms with Crippen LogP contribution < -0.4 is 10.6 Å². The van der Waals surface area contributed by atoms with Gasteiger partial charge in [-0.05, 0) is 12.8 Å². The van der Waals surface area contributed by atoms with Crippen LogP contribution in [0.5, 0.6) is 0 Å². The summed E-state index contributed by atoms with van der Waals surface area (Å²) in [6.07, 6.45) is 7.64. The van der Waals surface area contributed by atoms with Crippen LogP contribution in [-0.2, 0) is 0 Å². The van der Waals surface area contributed by atoms with Crippen LogP contribution in [-0.4, -0.2) is 27.5 Å². The Morgan fingerprint density at radius 3 is 2.65 bits per heavy atom. The molecule has 0 amide bonds. The molecule has 0 aromatic carbocycles. The van der Waals surface area contributed by atoms with Crippen LogP contribution in [0.3, 0.4) is 0 Å². The topological polar surface area (TPSA) is 59.5 Å². The van der Waals surface area contributed by atoms with Gasteiger partial charge in [-0.25, -0.2) is 9.97 Å². The number of nitrogens with two attached hydrogens (primary N) is 1. The van der Waals surface area contributed by atoms with Gasteiger partial charge in [0.05, 0.1) is 6.20 Å². The first-order valence-corrected chi connectivity index (χ1v) is 6.10. The Bertz CT molecular complexity index is 485. The SMILES string of the molecule is CCCN(CCC)c1nc(N)cn2ccnc12. The highest BCUT2D eigenvalue weighted by Crippen LogP contribution is 2.19. The van der Waals surface area contributed by atoms with Crippen molar-refractivity contribution in [3.05, 3.63) is 18.6 Å². The fourth-order valence-corrected chi connectivity index (χ4v) is 2.01. The molecule has 0 saturated carbocycles. The van der Waals surface area contributed by atoms with Crippen LogP contribution in [0.4, 0.5) is 11.6 Å². The van der Waals surface area contributed by atoms with Gasteiger partial charge in [-0.2, -0.15) is 0 Å². The second kappa shape index (κ2) is 5.03. The lowest BCUT2D eigenvalue weighted by molar-refractivity contribution is 0.734. The smallest absolute Gasteiger partial charge is 0.180 e. The van der Waals surface area contributed by atoms with E-state index in [-0.39, 0.29) is 0 Å². The molecule has 5 nitrogen and oxygen atoms in total. The number of imidazole rings is 1. The Morgan fingerprint density at radius 2 is 2.00 bits per heavy atom. The maximum absolute atomic E-state index is 5.83. The van der Waals surface area contributed by atoms with Gasteiger partial charge < -0.3 is 15.0 Å². The molecular weight excluding hydrogens is 214 g/mol. The standard InChI is InChI=1S/C12H19N5/c1-3-6-16(7-4-2)12-11-14-5-8-17(11)9-10(13)15-12/h5,8-9H,3-4,6-7,13H2,1-2H3. The van der Waals surface area contributed by atoms with Crippen molar-refractivity contribution >= 4 is 17.3 Å². The van der Waals surface area contributed by atoms with Gasteiger partial charge >= 0.3 is 0 Å². The van der Waals surface area contributed by atoms with Crippen LogP contribution in [0.15, 0.2) is 18.6 Å². The van der Waals surface area contributed by atoms with Crippen LogP contribution in [0.1, 0.15) is 26.7 Å². The molecule has 0 bridgehead atoms. The highest BCUT2D eigenvalue weighted by atomic mass is 15.2. The summed E-state index contributed by atoms with van der Waals surface area (Å²) < 4.78 is 1.93. The molecule has 0 radical (unpaired) electrons. The molecule has 2 heterocycles. The van der Waals surface area contributed by atoms with E-state index in [1.54, 1.807) is 12.4 Å². The molecule has 92 valence electrons. The number of aromatic nitrogens is 3. The quantitative estimate of drug-likeness (QED) is 0.857. The van der Waals surface area contributed by atoms with Crippen LogP contribution in [0, 0.1) is 0 Å². The van der Waals surface area contributed by atoms with Crippen molar-refractivity contribution in [1.29, 1.82) is 0 Å². The number of hydrogen-bond acceptors (Lipinski definition) is 4. The van der Waals surface area contributed by atoms with Gasteiger partial charge in [-0.15, -0.1) is 0 Å². The number of rotatable bonds is 5. The minimum Gasteiger partial charge on any atom is -0.382 e. The second-order valence-electron chi connectivity index (χ2n) is 4.13. The van der Waals surface area contributed by atoms with Crippen LogP contribution >= 0.6 is 0 Å². The van der Waals surface area contributed by atoms with Gasteiger partial charge in [0.25, 0.3) is 0 Å². The van der Waals surface area contributed by atoms with Crippen molar-refractivity contribution in [3.8, 4) is 0 Å². The average Bonchev–Trinajstić information content (AvgIpc) is 2.75. The lowest BCUT2D eigenvalue weighted by Gasteiger charge is -2.23. The van der Waals surface area contributed by atoms with E-state index in [0.717, 1.165) is 37.4 Å². The minimum atomic E-state index is 0.530. The molecule has 0 spiro atoms. The Labute approximate surface area is 101 Å². The van der Waals surface area contributed by atoms with E-state index in [1.807, 2.05) is 10.6 Å². The van der Waals surface area contributed by atoms with E-state index in [4.69, 9.17) is 5.73 Å². The predicted octanol–water partition coefficient (Wildman–Crippen LogP) is 1.94. The zero-order valence-electron chi connectivity index (χ0n) is 10.4. The summed E-state index contributed by atoms with van der Waals surface area (Å²) in [6, 6.07) is 0. The van der Waals surface area contributed by atoms with Gasteiger partial charge in [-0.3, -0.25) is 0 Å². The summed E-state index contributed by atoms with van der Waals surface area (Å²) >= 11 is 0. The summed E-state index contributed by atoms with van der Waals surface area (Å²) in [5.74, 6) is 1.42. The van der Waals surface area contributed by atoms with Crippen molar-refractivity contribution in [2.24, 2.45) is 0 Å². The number of anilines is 2. The maximum atomic E-state index is 5.83. The Balaban J connectivity index is 2.46. The zero-order valence-corrected chi connectivity index (χ0v) is 10.4. The molecule has 2 aromatic rings. The van der Waals surface area contributed by atoms with E-state index >= 15 is 0 Å². The molecule has 0 aliphatic carbocycles. The normalized spacial score (nSPS) is 10.9. The van der Waals surface area contributed by atoms with Crippen molar-refractivity contribution in [1.82, 2.24) is 14.4 Å². The summed E-state index contributed by atoms with van der Waals surface area (Å²) in [5, 5.41) is 0. The van der Waals surface area contributed by atoms with Gasteiger partial charge in [0.1, 0.15) is 5.82 Å². The summed E-state index contributed by atoms with van der Waals surface area (Å²) in [6.45, 7) is 6.29. The summed E-state index contributed by atoms with van der Waals surface area (Å²) in [4.78, 5) is 11.0. The van der Waals surface area contributed by atoms with Crippen molar-refractivity contribution in [3.63, 3.8) is 0 Å². The largest absolute Gasteiger partial charge is 0.382 e.